The summed E-state index contributed by atoms with van der Waals surface area (Å²) in [6.07, 6.45) is 2.56. The van der Waals surface area contributed by atoms with Crippen molar-refractivity contribution in [2.45, 2.75) is 19.3 Å². The number of anilines is 1. The van der Waals surface area contributed by atoms with Gasteiger partial charge in [0.2, 0.25) is 16.6 Å². The number of fused-ring (bicyclic) bond motifs is 1. The third-order valence-electron chi connectivity index (χ3n) is 5.00. The van der Waals surface area contributed by atoms with Crippen LogP contribution in [-0.2, 0) is 20.7 Å². The zero-order chi connectivity index (χ0) is 25.0. The largest absolute Gasteiger partial charge is 0.437 e. The molecule has 1 aromatic carbocycles. The van der Waals surface area contributed by atoms with E-state index in [2.05, 4.69) is 10.3 Å². The van der Waals surface area contributed by atoms with Gasteiger partial charge in [0.05, 0.1) is 14.5 Å². The second-order valence-corrected chi connectivity index (χ2v) is 12.0. The smallest absolute Gasteiger partial charge is 0.255 e. The van der Waals surface area contributed by atoms with E-state index in [1.807, 2.05) is 22.6 Å². The van der Waals surface area contributed by atoms with Gasteiger partial charge >= 0.3 is 0 Å². The van der Waals surface area contributed by atoms with Crippen molar-refractivity contribution in [2.75, 3.05) is 29.9 Å². The molecule has 0 aliphatic heterocycles. The van der Waals surface area contributed by atoms with Crippen LogP contribution in [0, 0.1) is 9.39 Å². The molecular weight excluding hydrogens is 600 g/mol. The van der Waals surface area contributed by atoms with Crippen molar-refractivity contribution in [3.05, 3.63) is 45.3 Å². The third kappa shape index (κ3) is 6.24. The Balaban J connectivity index is 1.99. The molecule has 0 spiro atoms. The lowest BCUT2D eigenvalue weighted by Crippen LogP contribution is -2.24. The highest BCUT2D eigenvalue weighted by molar-refractivity contribution is 14.1. The van der Waals surface area contributed by atoms with Crippen LogP contribution >= 0.6 is 22.6 Å². The summed E-state index contributed by atoms with van der Waals surface area (Å²) in [6, 6.07) is 7.05. The molecule has 0 radical (unpaired) electrons. The summed E-state index contributed by atoms with van der Waals surface area (Å²) in [5, 5.41) is 2.94. The Bertz CT molecular complexity index is 1380. The lowest BCUT2D eigenvalue weighted by Gasteiger charge is -2.17. The molecule has 184 valence electrons. The average Bonchev–Trinajstić information content (AvgIpc) is 3.13. The fourth-order valence-corrected chi connectivity index (χ4v) is 5.65. The first-order valence-electron chi connectivity index (χ1n) is 10.2. The molecular formula is C21H23FIN3O6S2. The quantitative estimate of drug-likeness (QED) is 0.202. The summed E-state index contributed by atoms with van der Waals surface area (Å²) in [7, 11) is -4.64. The van der Waals surface area contributed by atoms with E-state index in [4.69, 9.17) is 4.42 Å². The maximum Gasteiger partial charge on any atom is 0.255 e. The Morgan fingerprint density at radius 3 is 2.47 bits per heavy atom. The van der Waals surface area contributed by atoms with Crippen LogP contribution in [0.25, 0.3) is 22.4 Å². The van der Waals surface area contributed by atoms with Crippen LogP contribution in [0.2, 0.25) is 0 Å². The molecule has 0 fully saturated rings. The fourth-order valence-electron chi connectivity index (χ4n) is 3.39. The van der Waals surface area contributed by atoms with E-state index < -0.39 is 32.5 Å². The molecule has 2 aromatic heterocycles. The lowest BCUT2D eigenvalue weighted by atomic mass is 10.1. The number of unbranched alkanes of at least 4 members (excludes halogenated alkanes) is 2. The van der Waals surface area contributed by atoms with Gasteiger partial charge in [-0.2, -0.15) is 4.98 Å². The molecule has 0 aliphatic carbocycles. The number of furan rings is 1. The highest BCUT2D eigenvalue weighted by Crippen LogP contribution is 2.36. The number of thiol groups is 1. The molecule has 9 nitrogen and oxygen atoms in total. The molecule has 3 aromatic rings. The number of carbonyl (C=O) groups is 1. The topological polar surface area (TPSA) is 127 Å². The van der Waals surface area contributed by atoms with Crippen molar-refractivity contribution in [3.8, 4) is 11.3 Å². The molecule has 0 saturated carbocycles. The van der Waals surface area contributed by atoms with Crippen molar-refractivity contribution in [3.63, 3.8) is 0 Å². The van der Waals surface area contributed by atoms with Gasteiger partial charge in [-0.05, 0) is 65.8 Å². The number of nitrogens with zero attached hydrogens (tertiary/aromatic N) is 2. The number of hydrogen-bond acceptors (Lipinski definition) is 7. The van der Waals surface area contributed by atoms with Crippen LogP contribution in [0.1, 0.15) is 29.6 Å². The molecule has 13 heteroatoms. The van der Waals surface area contributed by atoms with E-state index in [9.17, 15) is 26.0 Å². The number of rotatable bonds is 10. The monoisotopic (exact) mass is 623 g/mol. The number of hydrogen-bond donors (Lipinski definition) is 2. The van der Waals surface area contributed by atoms with Crippen LogP contribution in [0.5, 0.6) is 0 Å². The minimum absolute atomic E-state index is 0.0408. The summed E-state index contributed by atoms with van der Waals surface area (Å²) in [5.74, 6) is -0.494. The number of nitrogens with one attached hydrogen (secondary N) is 1. The molecule has 1 N–H and O–H groups in total. The highest BCUT2D eigenvalue weighted by Gasteiger charge is 2.25. The van der Waals surface area contributed by atoms with Crippen LogP contribution in [0.15, 0.2) is 34.7 Å². The van der Waals surface area contributed by atoms with Crippen LogP contribution in [0.3, 0.4) is 0 Å². The van der Waals surface area contributed by atoms with Gasteiger partial charge in [-0.25, -0.2) is 21.2 Å². The van der Waals surface area contributed by atoms with Crippen molar-refractivity contribution in [1.82, 2.24) is 10.3 Å². The zero-order valence-corrected chi connectivity index (χ0v) is 22.2. The van der Waals surface area contributed by atoms with E-state index in [0.717, 1.165) is 10.6 Å². The Labute approximate surface area is 211 Å². The molecule has 0 saturated heterocycles. The second-order valence-electron chi connectivity index (χ2n) is 7.59. The van der Waals surface area contributed by atoms with E-state index in [1.165, 1.54) is 31.3 Å². The van der Waals surface area contributed by atoms with E-state index >= 15 is 0 Å². The molecule has 1 amide bonds. The Morgan fingerprint density at radius 1 is 1.21 bits per heavy atom. The second kappa shape index (κ2) is 11.0. The molecule has 0 unspecified atom stereocenters. The number of carbonyl (C=O) groups excluding carboxylic acids is 1. The normalized spacial score (nSPS) is 11.8. The molecule has 0 atom stereocenters. The SMILES string of the molecule is CNC(=O)c1c(-c2ccc(F)cc2)oc2nc(N(CCCCCS(C)(=O)=O)[SH](=O)=O)c(I)cc12. The van der Waals surface area contributed by atoms with Crippen molar-refractivity contribution >= 4 is 66.1 Å². The van der Waals surface area contributed by atoms with Gasteiger partial charge in [0, 0.05) is 31.2 Å². The number of aromatic nitrogens is 1. The van der Waals surface area contributed by atoms with Crippen LogP contribution < -0.4 is 9.62 Å². The number of sulfone groups is 1. The van der Waals surface area contributed by atoms with Gasteiger partial charge in [-0.3, -0.25) is 9.10 Å². The lowest BCUT2D eigenvalue weighted by molar-refractivity contribution is 0.0964. The van der Waals surface area contributed by atoms with E-state index in [1.54, 1.807) is 6.07 Å². The first kappa shape index (κ1) is 26.3. The van der Waals surface area contributed by atoms with E-state index in [-0.39, 0.29) is 35.2 Å². The third-order valence-corrected chi connectivity index (χ3v) is 7.61. The van der Waals surface area contributed by atoms with Gasteiger partial charge < -0.3 is 9.73 Å². The molecule has 0 aliphatic rings. The maximum atomic E-state index is 13.4. The first-order valence-corrected chi connectivity index (χ1v) is 14.5. The number of halogens is 2. The van der Waals surface area contributed by atoms with Gasteiger partial charge in [0.1, 0.15) is 21.4 Å². The number of amides is 1. The summed E-state index contributed by atoms with van der Waals surface area (Å²) < 4.78 is 67.4. The molecule has 2 heterocycles. The fraction of sp³-hybridized carbons (Fsp3) is 0.333. The van der Waals surface area contributed by atoms with Crippen molar-refractivity contribution < 1.29 is 30.4 Å². The zero-order valence-electron chi connectivity index (χ0n) is 18.4. The summed E-state index contributed by atoms with van der Waals surface area (Å²) in [5.41, 5.74) is 0.736. The number of pyridine rings is 1. The summed E-state index contributed by atoms with van der Waals surface area (Å²) in [6.45, 7) is 0.116. The summed E-state index contributed by atoms with van der Waals surface area (Å²) in [4.78, 5) is 17.0. The van der Waals surface area contributed by atoms with Crippen LogP contribution in [0.4, 0.5) is 10.2 Å². The Hall–Kier alpha value is -2.26. The minimum Gasteiger partial charge on any atom is -0.437 e. The van der Waals surface area contributed by atoms with Gasteiger partial charge in [-0.15, -0.1) is 0 Å². The van der Waals surface area contributed by atoms with Gasteiger partial charge in [0.15, 0.2) is 5.82 Å². The predicted molar refractivity (Wildman–Crippen MR) is 137 cm³/mol. The van der Waals surface area contributed by atoms with Crippen molar-refractivity contribution in [2.24, 2.45) is 0 Å². The van der Waals surface area contributed by atoms with Crippen molar-refractivity contribution in [1.29, 1.82) is 0 Å². The highest BCUT2D eigenvalue weighted by atomic mass is 127. The maximum absolute atomic E-state index is 13.4. The first-order chi connectivity index (χ1) is 16.0. The van der Waals surface area contributed by atoms with E-state index in [0.29, 0.717) is 33.8 Å². The van der Waals surface area contributed by atoms with Gasteiger partial charge in [-0.1, -0.05) is 6.42 Å². The molecule has 34 heavy (non-hydrogen) atoms. The van der Waals surface area contributed by atoms with Gasteiger partial charge in [0.25, 0.3) is 5.91 Å². The molecule has 3 rings (SSSR count). The minimum atomic E-state index is -3.07. The summed E-state index contributed by atoms with van der Waals surface area (Å²) >= 11 is 1.94. The van der Waals surface area contributed by atoms with Crippen LogP contribution in [-0.4, -0.2) is 53.3 Å². The Morgan fingerprint density at radius 2 is 1.88 bits per heavy atom. The molecule has 0 bridgehead atoms. The number of benzene rings is 1. The standard InChI is InChI=1S/C21H23FIN3O6S2/c1-24-20(27)17-15-12-16(23)19(26(33(28)29)10-4-3-5-11-34(2,30)31)25-21(15)32-18(17)13-6-8-14(22)9-7-13/h6-9,12,33H,3-5,10-11H2,1-2H3,(H,24,27). The predicted octanol–water partition coefficient (Wildman–Crippen LogP) is 3.15. The Kier molecular flexibility index (Phi) is 8.52. The average molecular weight is 623 g/mol.